The Balaban J connectivity index is 2.21. The smallest absolute Gasteiger partial charge is 0.0578 e. The molecule has 4 unspecified atom stereocenters. The summed E-state index contributed by atoms with van der Waals surface area (Å²) < 4.78 is 6.06. The van der Waals surface area contributed by atoms with E-state index in [4.69, 9.17) is 4.74 Å². The van der Waals surface area contributed by atoms with E-state index in [0.717, 1.165) is 24.2 Å². The molecule has 0 aromatic heterocycles. The van der Waals surface area contributed by atoms with E-state index in [9.17, 15) is 0 Å². The Bertz CT molecular complexity index is 184. The Kier molecular flexibility index (Phi) is 6.83. The number of hydrogen-bond acceptors (Lipinski definition) is 2. The molecule has 0 amide bonds. The molecule has 0 aromatic rings. The maximum atomic E-state index is 6.06. The van der Waals surface area contributed by atoms with E-state index < -0.39 is 0 Å². The maximum absolute atomic E-state index is 6.06. The number of ether oxygens (including phenoxy) is 1. The molecule has 0 spiro atoms. The van der Waals surface area contributed by atoms with Crippen molar-refractivity contribution >= 4 is 12.6 Å². The van der Waals surface area contributed by atoms with Gasteiger partial charge in [-0.15, -0.1) is 0 Å². The zero-order chi connectivity index (χ0) is 12.0. The van der Waals surface area contributed by atoms with Gasteiger partial charge in [-0.05, 0) is 49.2 Å². The van der Waals surface area contributed by atoms with Crippen molar-refractivity contribution in [3.05, 3.63) is 0 Å². The van der Waals surface area contributed by atoms with E-state index in [0.29, 0.717) is 12.0 Å². The molecule has 2 heteroatoms. The highest BCUT2D eigenvalue weighted by Crippen LogP contribution is 2.31. The first-order valence-electron chi connectivity index (χ1n) is 6.89. The lowest BCUT2D eigenvalue weighted by Crippen LogP contribution is -2.28. The lowest BCUT2D eigenvalue weighted by molar-refractivity contribution is -0.0120. The zero-order valence-electron chi connectivity index (χ0n) is 11.1. The Morgan fingerprint density at radius 3 is 2.56 bits per heavy atom. The summed E-state index contributed by atoms with van der Waals surface area (Å²) in [6.07, 6.45) is 6.87. The van der Waals surface area contributed by atoms with E-state index in [1.54, 1.807) is 0 Å². The van der Waals surface area contributed by atoms with Crippen LogP contribution in [-0.4, -0.2) is 18.5 Å². The second kappa shape index (κ2) is 7.60. The van der Waals surface area contributed by atoms with Crippen LogP contribution in [0.2, 0.25) is 0 Å². The van der Waals surface area contributed by atoms with Gasteiger partial charge >= 0.3 is 0 Å². The molecule has 1 fully saturated rings. The minimum Gasteiger partial charge on any atom is -0.378 e. The van der Waals surface area contributed by atoms with Crippen LogP contribution in [-0.2, 0) is 4.74 Å². The van der Waals surface area contributed by atoms with Gasteiger partial charge in [-0.25, -0.2) is 0 Å². The largest absolute Gasteiger partial charge is 0.378 e. The van der Waals surface area contributed by atoms with Crippen LogP contribution in [0.3, 0.4) is 0 Å². The van der Waals surface area contributed by atoms with Gasteiger partial charge in [-0.1, -0.05) is 27.2 Å². The van der Waals surface area contributed by atoms with Gasteiger partial charge in [0.15, 0.2) is 0 Å². The average molecular weight is 244 g/mol. The lowest BCUT2D eigenvalue weighted by Gasteiger charge is -2.32. The van der Waals surface area contributed by atoms with Crippen LogP contribution in [0.4, 0.5) is 0 Å². The quantitative estimate of drug-likeness (QED) is 0.690. The molecule has 0 aromatic carbocycles. The van der Waals surface area contributed by atoms with E-state index in [1.807, 2.05) is 0 Å². The number of rotatable bonds is 6. The Labute approximate surface area is 107 Å². The fourth-order valence-electron chi connectivity index (χ4n) is 2.56. The van der Waals surface area contributed by atoms with Crippen LogP contribution < -0.4 is 0 Å². The molecule has 0 radical (unpaired) electrons. The highest BCUT2D eigenvalue weighted by molar-refractivity contribution is 7.80. The third-order valence-electron chi connectivity index (χ3n) is 4.07. The van der Waals surface area contributed by atoms with E-state index in [-0.39, 0.29) is 0 Å². The van der Waals surface area contributed by atoms with Crippen molar-refractivity contribution < 1.29 is 4.74 Å². The summed E-state index contributed by atoms with van der Waals surface area (Å²) in [6.45, 7) is 7.89. The molecule has 1 saturated carbocycles. The standard InChI is InChI=1S/C14H28OS/c1-4-5-13(10-16)9-15-14-7-6-11(2)12(3)8-14/h11-14,16H,4-10H2,1-3H3. The third kappa shape index (κ3) is 4.67. The molecule has 1 rings (SSSR count). The van der Waals surface area contributed by atoms with Crippen molar-refractivity contribution in [1.29, 1.82) is 0 Å². The van der Waals surface area contributed by atoms with Crippen molar-refractivity contribution in [2.24, 2.45) is 17.8 Å². The molecule has 0 N–H and O–H groups in total. The molecular weight excluding hydrogens is 216 g/mol. The molecule has 1 nitrogen and oxygen atoms in total. The Morgan fingerprint density at radius 2 is 2.00 bits per heavy atom. The Hall–Kier alpha value is 0.310. The fourth-order valence-corrected chi connectivity index (χ4v) is 2.85. The minimum absolute atomic E-state index is 0.519. The second-order valence-electron chi connectivity index (χ2n) is 5.56. The number of thiol groups is 1. The summed E-state index contributed by atoms with van der Waals surface area (Å²) in [7, 11) is 0. The second-order valence-corrected chi connectivity index (χ2v) is 5.93. The van der Waals surface area contributed by atoms with Gasteiger partial charge in [-0.2, -0.15) is 12.6 Å². The first-order valence-corrected chi connectivity index (χ1v) is 7.53. The highest BCUT2D eigenvalue weighted by Gasteiger charge is 2.25. The first-order chi connectivity index (χ1) is 7.67. The van der Waals surface area contributed by atoms with E-state index >= 15 is 0 Å². The predicted octanol–water partition coefficient (Wildman–Crippen LogP) is 4.17. The van der Waals surface area contributed by atoms with Crippen molar-refractivity contribution in [1.82, 2.24) is 0 Å². The summed E-state index contributed by atoms with van der Waals surface area (Å²) in [5.41, 5.74) is 0. The van der Waals surface area contributed by atoms with Gasteiger partial charge in [0.05, 0.1) is 12.7 Å². The van der Waals surface area contributed by atoms with Crippen molar-refractivity contribution in [3.63, 3.8) is 0 Å². The van der Waals surface area contributed by atoms with Crippen LogP contribution >= 0.6 is 12.6 Å². The Morgan fingerprint density at radius 1 is 1.25 bits per heavy atom. The van der Waals surface area contributed by atoms with Gasteiger partial charge in [-0.3, -0.25) is 0 Å². The molecule has 0 saturated heterocycles. The van der Waals surface area contributed by atoms with Crippen LogP contribution in [0.1, 0.15) is 52.9 Å². The van der Waals surface area contributed by atoms with Crippen LogP contribution in [0.5, 0.6) is 0 Å². The highest BCUT2D eigenvalue weighted by atomic mass is 32.1. The molecule has 0 aliphatic heterocycles. The fraction of sp³-hybridized carbons (Fsp3) is 1.00. The topological polar surface area (TPSA) is 9.23 Å². The maximum Gasteiger partial charge on any atom is 0.0578 e. The van der Waals surface area contributed by atoms with Crippen LogP contribution in [0.25, 0.3) is 0 Å². The van der Waals surface area contributed by atoms with E-state index in [2.05, 4.69) is 33.4 Å². The summed E-state index contributed by atoms with van der Waals surface area (Å²) in [5, 5.41) is 0. The van der Waals surface area contributed by atoms with Crippen LogP contribution in [0, 0.1) is 17.8 Å². The lowest BCUT2D eigenvalue weighted by atomic mass is 9.80. The summed E-state index contributed by atoms with van der Waals surface area (Å²) >= 11 is 4.40. The van der Waals surface area contributed by atoms with Crippen LogP contribution in [0.15, 0.2) is 0 Å². The minimum atomic E-state index is 0.519. The summed E-state index contributed by atoms with van der Waals surface area (Å²) in [4.78, 5) is 0. The summed E-state index contributed by atoms with van der Waals surface area (Å²) in [5.74, 6) is 3.34. The third-order valence-corrected chi connectivity index (χ3v) is 4.59. The molecular formula is C14H28OS. The molecule has 1 aliphatic rings. The van der Waals surface area contributed by atoms with Gasteiger partial charge in [0.25, 0.3) is 0 Å². The summed E-state index contributed by atoms with van der Waals surface area (Å²) in [6, 6.07) is 0. The van der Waals surface area contributed by atoms with E-state index in [1.165, 1.54) is 32.1 Å². The molecule has 96 valence electrons. The van der Waals surface area contributed by atoms with Gasteiger partial charge in [0.1, 0.15) is 0 Å². The first kappa shape index (κ1) is 14.4. The van der Waals surface area contributed by atoms with Crippen molar-refractivity contribution in [2.45, 2.75) is 59.0 Å². The molecule has 16 heavy (non-hydrogen) atoms. The van der Waals surface area contributed by atoms with Gasteiger partial charge < -0.3 is 4.74 Å². The normalized spacial score (nSPS) is 32.6. The molecule has 1 aliphatic carbocycles. The average Bonchev–Trinajstić information content (AvgIpc) is 2.28. The molecule has 4 atom stereocenters. The number of hydrogen-bond donors (Lipinski definition) is 1. The predicted molar refractivity (Wildman–Crippen MR) is 74.2 cm³/mol. The zero-order valence-corrected chi connectivity index (χ0v) is 12.0. The van der Waals surface area contributed by atoms with Crippen molar-refractivity contribution in [3.8, 4) is 0 Å². The van der Waals surface area contributed by atoms with Crippen molar-refractivity contribution in [2.75, 3.05) is 12.4 Å². The van der Waals surface area contributed by atoms with Gasteiger partial charge in [0, 0.05) is 0 Å². The monoisotopic (exact) mass is 244 g/mol. The SMILES string of the molecule is CCCC(CS)COC1CCC(C)C(C)C1. The molecule has 0 heterocycles. The molecule has 0 bridgehead atoms. The van der Waals surface area contributed by atoms with Gasteiger partial charge in [0.2, 0.25) is 0 Å².